The molecule has 2 aromatic carbocycles. The van der Waals surface area contributed by atoms with E-state index in [1.54, 1.807) is 0 Å². The van der Waals surface area contributed by atoms with Crippen LogP contribution in [0, 0.1) is 0 Å². The molecule has 0 N–H and O–H groups in total. The average molecular weight is 262 g/mol. The summed E-state index contributed by atoms with van der Waals surface area (Å²) in [5.41, 5.74) is 0.169. The number of halogens is 3. The predicted octanol–water partition coefficient (Wildman–Crippen LogP) is 3.84. The number of nitrogens with zero attached hydrogens (tertiary/aromatic N) is 1. The SMILES string of the molecule is C[n+]1cc2ccccc2c2cc(C(F)(F)F)ccc21. The molecule has 0 radical (unpaired) electrons. The van der Waals surface area contributed by atoms with Crippen LogP contribution in [0.1, 0.15) is 5.56 Å². The highest BCUT2D eigenvalue weighted by molar-refractivity contribution is 6.03. The zero-order chi connectivity index (χ0) is 13.6. The molecular weight excluding hydrogens is 251 g/mol. The topological polar surface area (TPSA) is 3.88 Å². The third-order valence-corrected chi connectivity index (χ3v) is 3.29. The predicted molar refractivity (Wildman–Crippen MR) is 67.6 cm³/mol. The summed E-state index contributed by atoms with van der Waals surface area (Å²) in [4.78, 5) is 0. The Labute approximate surface area is 107 Å². The summed E-state index contributed by atoms with van der Waals surface area (Å²) < 4.78 is 40.3. The molecule has 0 bridgehead atoms. The highest BCUT2D eigenvalue weighted by Gasteiger charge is 2.31. The lowest BCUT2D eigenvalue weighted by Gasteiger charge is -2.08. The number of fused-ring (bicyclic) bond motifs is 3. The maximum absolute atomic E-state index is 12.8. The molecule has 1 heterocycles. The minimum absolute atomic E-state index is 0.614. The number of pyridine rings is 1. The number of rotatable bonds is 0. The fourth-order valence-corrected chi connectivity index (χ4v) is 2.37. The van der Waals surface area contributed by atoms with Gasteiger partial charge in [0.15, 0.2) is 6.20 Å². The average Bonchev–Trinajstić information content (AvgIpc) is 2.37. The largest absolute Gasteiger partial charge is 0.416 e. The normalized spacial score (nSPS) is 12.2. The fraction of sp³-hybridized carbons (Fsp3) is 0.133. The Morgan fingerprint density at radius 3 is 2.42 bits per heavy atom. The first-order valence-corrected chi connectivity index (χ1v) is 5.85. The van der Waals surface area contributed by atoms with Crippen LogP contribution in [0.2, 0.25) is 0 Å². The van der Waals surface area contributed by atoms with Gasteiger partial charge in [0.2, 0.25) is 5.52 Å². The first-order valence-electron chi connectivity index (χ1n) is 5.85. The lowest BCUT2D eigenvalue weighted by molar-refractivity contribution is -0.643. The van der Waals surface area contributed by atoms with Crippen molar-refractivity contribution in [2.24, 2.45) is 7.05 Å². The maximum Gasteiger partial charge on any atom is 0.416 e. The van der Waals surface area contributed by atoms with Crippen LogP contribution in [-0.2, 0) is 13.2 Å². The second kappa shape index (κ2) is 3.95. The van der Waals surface area contributed by atoms with Crippen molar-refractivity contribution >= 4 is 21.7 Å². The van der Waals surface area contributed by atoms with E-state index in [2.05, 4.69) is 0 Å². The van der Waals surface area contributed by atoms with Gasteiger partial charge in [0.1, 0.15) is 7.05 Å². The van der Waals surface area contributed by atoms with Crippen LogP contribution in [0.3, 0.4) is 0 Å². The molecule has 3 rings (SSSR count). The van der Waals surface area contributed by atoms with Gasteiger partial charge in [-0.15, -0.1) is 0 Å². The van der Waals surface area contributed by atoms with Crippen LogP contribution < -0.4 is 4.57 Å². The molecule has 0 aliphatic heterocycles. The number of aryl methyl sites for hydroxylation is 1. The summed E-state index contributed by atoms with van der Waals surface area (Å²) >= 11 is 0. The lowest BCUT2D eigenvalue weighted by Crippen LogP contribution is -2.28. The number of hydrogen-bond donors (Lipinski definition) is 0. The Bertz CT molecular complexity index is 775. The first kappa shape index (κ1) is 12.0. The van der Waals surface area contributed by atoms with Crippen LogP contribution in [-0.4, -0.2) is 0 Å². The van der Waals surface area contributed by atoms with Crippen molar-refractivity contribution in [1.29, 1.82) is 0 Å². The van der Waals surface area contributed by atoms with Gasteiger partial charge in [-0.1, -0.05) is 18.2 Å². The molecule has 4 heteroatoms. The van der Waals surface area contributed by atoms with Gasteiger partial charge in [0, 0.05) is 16.8 Å². The van der Waals surface area contributed by atoms with Crippen molar-refractivity contribution in [2.75, 3.05) is 0 Å². The van der Waals surface area contributed by atoms with Crippen LogP contribution in [0.25, 0.3) is 21.7 Å². The highest BCUT2D eigenvalue weighted by atomic mass is 19.4. The Morgan fingerprint density at radius 2 is 1.68 bits per heavy atom. The highest BCUT2D eigenvalue weighted by Crippen LogP contribution is 2.32. The quantitative estimate of drug-likeness (QED) is 0.428. The standard InChI is InChI=1S/C15H11F3N/c1-19-9-10-4-2-3-5-12(10)13-8-11(15(16,17)18)6-7-14(13)19/h2-9H,1H3/q+1. The Morgan fingerprint density at radius 1 is 0.947 bits per heavy atom. The molecule has 3 aromatic rings. The third kappa shape index (κ3) is 1.93. The molecule has 1 aromatic heterocycles. The second-order valence-corrected chi connectivity index (χ2v) is 4.56. The van der Waals surface area contributed by atoms with Gasteiger partial charge in [-0.2, -0.15) is 13.2 Å². The molecule has 19 heavy (non-hydrogen) atoms. The van der Waals surface area contributed by atoms with E-state index >= 15 is 0 Å². The Balaban J connectivity index is 2.46. The summed E-state index contributed by atoms with van der Waals surface area (Å²) in [7, 11) is 1.84. The van der Waals surface area contributed by atoms with Crippen molar-refractivity contribution in [2.45, 2.75) is 6.18 Å². The van der Waals surface area contributed by atoms with Crippen molar-refractivity contribution in [3.05, 3.63) is 54.2 Å². The number of alkyl halides is 3. The molecular formula is C15H11F3N+. The van der Waals surface area contributed by atoms with Gasteiger partial charge in [0.05, 0.1) is 10.9 Å². The molecule has 0 unspecified atom stereocenters. The number of aromatic nitrogens is 1. The first-order chi connectivity index (χ1) is 8.97. The monoisotopic (exact) mass is 262 g/mol. The van der Waals surface area contributed by atoms with Crippen LogP contribution in [0.15, 0.2) is 48.7 Å². The van der Waals surface area contributed by atoms with Crippen molar-refractivity contribution in [3.8, 4) is 0 Å². The van der Waals surface area contributed by atoms with Crippen LogP contribution in [0.5, 0.6) is 0 Å². The zero-order valence-electron chi connectivity index (χ0n) is 10.2. The van der Waals surface area contributed by atoms with E-state index in [-0.39, 0.29) is 0 Å². The summed E-state index contributed by atoms with van der Waals surface area (Å²) in [6.07, 6.45) is -2.39. The van der Waals surface area contributed by atoms with Crippen LogP contribution >= 0.6 is 0 Å². The minimum atomic E-state index is -4.32. The van der Waals surface area contributed by atoms with Crippen molar-refractivity contribution < 1.29 is 17.7 Å². The molecule has 0 amide bonds. The summed E-state index contributed by atoms with van der Waals surface area (Å²) in [6, 6.07) is 11.3. The second-order valence-electron chi connectivity index (χ2n) is 4.56. The minimum Gasteiger partial charge on any atom is -0.200 e. The third-order valence-electron chi connectivity index (χ3n) is 3.29. The van der Waals surface area contributed by atoms with Gasteiger partial charge in [-0.3, -0.25) is 0 Å². The Kier molecular flexibility index (Phi) is 2.49. The van der Waals surface area contributed by atoms with Gasteiger partial charge in [-0.05, 0) is 18.2 Å². The van der Waals surface area contributed by atoms with E-state index in [1.807, 2.05) is 42.1 Å². The van der Waals surface area contributed by atoms with E-state index in [1.165, 1.54) is 12.1 Å². The van der Waals surface area contributed by atoms with Gasteiger partial charge < -0.3 is 0 Å². The smallest absolute Gasteiger partial charge is 0.200 e. The van der Waals surface area contributed by atoms with E-state index in [0.717, 1.165) is 22.4 Å². The summed E-state index contributed by atoms with van der Waals surface area (Å²) in [6.45, 7) is 0. The molecule has 0 fully saturated rings. The molecule has 0 aliphatic rings. The van der Waals surface area contributed by atoms with E-state index in [0.29, 0.717) is 5.39 Å². The number of benzene rings is 2. The van der Waals surface area contributed by atoms with E-state index in [4.69, 9.17) is 0 Å². The zero-order valence-corrected chi connectivity index (χ0v) is 10.2. The van der Waals surface area contributed by atoms with Crippen molar-refractivity contribution in [3.63, 3.8) is 0 Å². The summed E-state index contributed by atoms with van der Waals surface area (Å²) in [5, 5.41) is 2.38. The molecule has 0 saturated carbocycles. The molecule has 0 aliphatic carbocycles. The number of hydrogen-bond acceptors (Lipinski definition) is 0. The van der Waals surface area contributed by atoms with Gasteiger partial charge in [-0.25, -0.2) is 4.57 Å². The molecule has 0 saturated heterocycles. The molecule has 0 atom stereocenters. The van der Waals surface area contributed by atoms with E-state index < -0.39 is 11.7 Å². The van der Waals surface area contributed by atoms with Crippen LogP contribution in [0.4, 0.5) is 13.2 Å². The van der Waals surface area contributed by atoms with Gasteiger partial charge >= 0.3 is 6.18 Å². The molecule has 0 spiro atoms. The maximum atomic E-state index is 12.8. The molecule has 96 valence electrons. The molecule has 1 nitrogen and oxygen atoms in total. The van der Waals surface area contributed by atoms with Crippen molar-refractivity contribution in [1.82, 2.24) is 0 Å². The Hall–Kier alpha value is -2.10. The van der Waals surface area contributed by atoms with E-state index in [9.17, 15) is 13.2 Å². The summed E-state index contributed by atoms with van der Waals surface area (Å²) in [5.74, 6) is 0. The lowest BCUT2D eigenvalue weighted by atomic mass is 10.0. The fourth-order valence-electron chi connectivity index (χ4n) is 2.37. The van der Waals surface area contributed by atoms with Gasteiger partial charge in [0.25, 0.3) is 0 Å².